The van der Waals surface area contributed by atoms with Crippen molar-refractivity contribution >= 4 is 38.8 Å². The fraction of sp³-hybridized carbons (Fsp3) is 0.294. The van der Waals surface area contributed by atoms with Crippen LogP contribution in [0, 0.1) is 13.8 Å². The average molecular weight is 642 g/mol. The first-order chi connectivity index (χ1) is 22.2. The molecular formula is C34H35N5O6S. The number of fused-ring (bicyclic) bond motifs is 1. The summed E-state index contributed by atoms with van der Waals surface area (Å²) in [6, 6.07) is 19.8. The van der Waals surface area contributed by atoms with E-state index >= 15 is 0 Å². The van der Waals surface area contributed by atoms with E-state index in [1.807, 2.05) is 41.8 Å². The van der Waals surface area contributed by atoms with Gasteiger partial charge in [-0.15, -0.1) is 0 Å². The van der Waals surface area contributed by atoms with Gasteiger partial charge in [0, 0.05) is 37.1 Å². The molecule has 5 aromatic rings. The van der Waals surface area contributed by atoms with Crippen molar-refractivity contribution in [3.05, 3.63) is 94.9 Å². The minimum absolute atomic E-state index is 0.0897. The topological polar surface area (TPSA) is 137 Å². The largest absolute Gasteiger partial charge is 0.460 e. The lowest BCUT2D eigenvalue weighted by Crippen LogP contribution is -2.29. The maximum atomic E-state index is 13.4. The number of ether oxygens (including phenoxy) is 1. The highest BCUT2D eigenvalue weighted by atomic mass is 32.2. The Hall–Kier alpha value is -4.97. The molecule has 0 radical (unpaired) electrons. The Labute approximate surface area is 267 Å². The molecule has 0 unspecified atom stereocenters. The van der Waals surface area contributed by atoms with E-state index in [4.69, 9.17) is 14.2 Å². The lowest BCUT2D eigenvalue weighted by molar-refractivity contribution is -0.128. The molecule has 1 aliphatic heterocycles. The molecule has 0 spiro atoms. The molecule has 1 saturated heterocycles. The Morgan fingerprint density at radius 2 is 1.83 bits per heavy atom. The molecule has 238 valence electrons. The van der Waals surface area contributed by atoms with Gasteiger partial charge in [0.25, 0.3) is 10.0 Å². The highest BCUT2D eigenvalue weighted by molar-refractivity contribution is 7.92. The van der Waals surface area contributed by atoms with Crippen LogP contribution in [0.25, 0.3) is 22.2 Å². The molecule has 1 N–H and O–H groups in total. The van der Waals surface area contributed by atoms with E-state index in [-0.39, 0.29) is 23.3 Å². The highest BCUT2D eigenvalue weighted by Crippen LogP contribution is 2.31. The molecule has 0 aliphatic carbocycles. The van der Waals surface area contributed by atoms with Gasteiger partial charge in [0.1, 0.15) is 12.4 Å². The molecule has 2 aromatic heterocycles. The number of aromatic nitrogens is 3. The van der Waals surface area contributed by atoms with Gasteiger partial charge in [-0.3, -0.25) is 4.79 Å². The number of carbonyl (C=O) groups excluding carboxylic acids is 2. The Morgan fingerprint density at radius 1 is 1.04 bits per heavy atom. The van der Waals surface area contributed by atoms with Crippen molar-refractivity contribution in [2.75, 3.05) is 24.4 Å². The van der Waals surface area contributed by atoms with E-state index < -0.39 is 16.0 Å². The molecule has 46 heavy (non-hydrogen) atoms. The number of nitrogens with one attached hydrogen (secondary N) is 1. The minimum Gasteiger partial charge on any atom is -0.460 e. The van der Waals surface area contributed by atoms with Crippen LogP contribution < -0.4 is 4.72 Å². The fourth-order valence-corrected chi connectivity index (χ4v) is 6.98. The van der Waals surface area contributed by atoms with E-state index in [0.717, 1.165) is 23.4 Å². The summed E-state index contributed by atoms with van der Waals surface area (Å²) in [7, 11) is -3.97. The van der Waals surface area contributed by atoms with Crippen molar-refractivity contribution in [1.82, 2.24) is 19.6 Å². The van der Waals surface area contributed by atoms with Gasteiger partial charge in [-0.05, 0) is 49.6 Å². The Morgan fingerprint density at radius 3 is 2.52 bits per heavy atom. The van der Waals surface area contributed by atoms with E-state index in [1.54, 1.807) is 55.1 Å². The first-order valence-corrected chi connectivity index (χ1v) is 16.7. The third-order valence-corrected chi connectivity index (χ3v) is 9.70. The second-order valence-electron chi connectivity index (χ2n) is 11.3. The van der Waals surface area contributed by atoms with Crippen LogP contribution in [0.15, 0.2) is 76.1 Å². The minimum atomic E-state index is -3.97. The number of sulfonamides is 1. The first-order valence-electron chi connectivity index (χ1n) is 15.2. The van der Waals surface area contributed by atoms with Crippen LogP contribution in [0.5, 0.6) is 0 Å². The number of para-hydroxylation sites is 1. The summed E-state index contributed by atoms with van der Waals surface area (Å²) < 4.78 is 42.1. The summed E-state index contributed by atoms with van der Waals surface area (Å²) in [5, 5.41) is 3.84. The number of nitrogens with zero attached hydrogens (tertiary/aromatic N) is 4. The third-order valence-electron chi connectivity index (χ3n) is 8.31. The van der Waals surface area contributed by atoms with Crippen LogP contribution in [0.4, 0.5) is 5.88 Å². The molecule has 3 aromatic carbocycles. The van der Waals surface area contributed by atoms with E-state index in [0.29, 0.717) is 65.9 Å². The number of hydrogen-bond acceptors (Lipinski definition) is 8. The van der Waals surface area contributed by atoms with Crippen LogP contribution >= 0.6 is 0 Å². The summed E-state index contributed by atoms with van der Waals surface area (Å²) in [5.74, 6) is 0.543. The fourth-order valence-electron chi connectivity index (χ4n) is 5.70. The summed E-state index contributed by atoms with van der Waals surface area (Å²) in [5.41, 5.74) is 5.24. The van der Waals surface area contributed by atoms with Crippen LogP contribution in [0.1, 0.15) is 52.8 Å². The number of esters is 1. The van der Waals surface area contributed by atoms with Crippen molar-refractivity contribution in [2.45, 2.75) is 51.5 Å². The molecule has 1 aliphatic rings. The first kappa shape index (κ1) is 31.0. The number of rotatable bonds is 11. The second-order valence-corrected chi connectivity index (χ2v) is 12.9. The number of anilines is 1. The molecular weight excluding hydrogens is 606 g/mol. The highest BCUT2D eigenvalue weighted by Gasteiger charge is 2.24. The number of carbonyl (C=O) groups is 2. The third kappa shape index (κ3) is 6.12. The molecule has 6 rings (SSSR count). The SMILES string of the molecule is CCc1nc2cccc(C(=O)OCCN3CCCC3=O)c2n1Cc1ccc(-c2ccccc2S(=O)(=O)Nc2onc(C)c2C)cc1. The van der Waals surface area contributed by atoms with Gasteiger partial charge in [0.2, 0.25) is 11.8 Å². The molecule has 11 nitrogen and oxygen atoms in total. The second kappa shape index (κ2) is 12.8. The number of amides is 1. The predicted octanol–water partition coefficient (Wildman–Crippen LogP) is 5.50. The molecule has 0 bridgehead atoms. The maximum Gasteiger partial charge on any atom is 0.340 e. The summed E-state index contributed by atoms with van der Waals surface area (Å²) in [4.78, 5) is 31.8. The van der Waals surface area contributed by atoms with Gasteiger partial charge in [-0.25, -0.2) is 22.9 Å². The monoisotopic (exact) mass is 641 g/mol. The zero-order valence-corrected chi connectivity index (χ0v) is 26.8. The van der Waals surface area contributed by atoms with Gasteiger partial charge in [0.15, 0.2) is 0 Å². The number of likely N-dealkylation sites (tertiary alicyclic amines) is 1. The van der Waals surface area contributed by atoms with Crippen molar-refractivity contribution in [2.24, 2.45) is 0 Å². The number of hydrogen-bond donors (Lipinski definition) is 1. The smallest absolute Gasteiger partial charge is 0.340 e. The standard InChI is InChI=1S/C34H35N5O6S/c1-4-30-35-28-11-7-10-27(34(41)44-20-19-38-18-8-13-31(38)40)32(28)39(30)21-24-14-16-25(17-15-24)26-9-5-6-12-29(26)46(42,43)37-33-22(2)23(3)36-45-33/h5-7,9-12,14-17,37H,4,8,13,18-21H2,1-3H3. The quantitative estimate of drug-likeness (QED) is 0.187. The zero-order chi connectivity index (χ0) is 32.4. The van der Waals surface area contributed by atoms with E-state index in [2.05, 4.69) is 9.88 Å². The lowest BCUT2D eigenvalue weighted by atomic mass is 10.0. The molecule has 1 fully saturated rings. The lowest BCUT2D eigenvalue weighted by Gasteiger charge is -2.16. The van der Waals surface area contributed by atoms with Crippen LogP contribution in [-0.2, 0) is 32.5 Å². The Bertz CT molecular complexity index is 2030. The maximum absolute atomic E-state index is 13.4. The molecule has 0 atom stereocenters. The number of aryl methyl sites for hydroxylation is 2. The number of benzene rings is 3. The summed E-state index contributed by atoms with van der Waals surface area (Å²) in [6.07, 6.45) is 2.03. The van der Waals surface area contributed by atoms with Gasteiger partial charge >= 0.3 is 5.97 Å². The Balaban J connectivity index is 1.25. The normalized spacial score (nSPS) is 13.5. The van der Waals surface area contributed by atoms with Crippen molar-refractivity contribution in [3.63, 3.8) is 0 Å². The predicted molar refractivity (Wildman–Crippen MR) is 173 cm³/mol. The average Bonchev–Trinajstić information content (AvgIpc) is 3.73. The van der Waals surface area contributed by atoms with Gasteiger partial charge in [-0.1, -0.05) is 60.6 Å². The summed E-state index contributed by atoms with van der Waals surface area (Å²) in [6.45, 7) is 7.14. The Kier molecular flexibility index (Phi) is 8.63. The molecule has 1 amide bonds. The zero-order valence-electron chi connectivity index (χ0n) is 25.9. The van der Waals surface area contributed by atoms with Gasteiger partial charge in [0.05, 0.1) is 33.7 Å². The summed E-state index contributed by atoms with van der Waals surface area (Å²) >= 11 is 0. The molecule has 3 heterocycles. The van der Waals surface area contributed by atoms with Crippen molar-refractivity contribution in [3.8, 4) is 11.1 Å². The van der Waals surface area contributed by atoms with E-state index in [1.165, 1.54) is 0 Å². The molecule has 12 heteroatoms. The van der Waals surface area contributed by atoms with Gasteiger partial charge in [-0.2, -0.15) is 0 Å². The molecule has 0 saturated carbocycles. The van der Waals surface area contributed by atoms with Crippen LogP contribution in [0.2, 0.25) is 0 Å². The van der Waals surface area contributed by atoms with Gasteiger partial charge < -0.3 is 18.7 Å². The van der Waals surface area contributed by atoms with Crippen molar-refractivity contribution < 1.29 is 27.3 Å². The van der Waals surface area contributed by atoms with E-state index in [9.17, 15) is 18.0 Å². The van der Waals surface area contributed by atoms with Crippen molar-refractivity contribution in [1.29, 1.82) is 0 Å². The van der Waals surface area contributed by atoms with Crippen LogP contribution in [0.3, 0.4) is 0 Å². The number of imidazole rings is 1. The van der Waals surface area contributed by atoms with Crippen LogP contribution in [-0.4, -0.2) is 59.6 Å².